The van der Waals surface area contributed by atoms with Gasteiger partial charge in [-0.1, -0.05) is 45.0 Å². The highest BCUT2D eigenvalue weighted by atomic mass is 16.5. The lowest BCUT2D eigenvalue weighted by molar-refractivity contribution is -0.116. The molecule has 0 atom stereocenters. The minimum atomic E-state index is -0.166. The zero-order valence-corrected chi connectivity index (χ0v) is 18.7. The molecular formula is C25H33N3O3. The smallest absolute Gasteiger partial charge is 0.251 e. The van der Waals surface area contributed by atoms with Crippen LogP contribution in [0.3, 0.4) is 0 Å². The Morgan fingerprint density at radius 2 is 1.61 bits per heavy atom. The number of amides is 2. The molecule has 0 unspecified atom stereocenters. The molecule has 3 rings (SSSR count). The number of morpholine rings is 1. The Morgan fingerprint density at radius 3 is 2.23 bits per heavy atom. The minimum absolute atomic E-state index is 0.0494. The van der Waals surface area contributed by atoms with Crippen LogP contribution in [0.25, 0.3) is 0 Å². The zero-order chi connectivity index (χ0) is 22.3. The van der Waals surface area contributed by atoms with E-state index in [9.17, 15) is 9.59 Å². The second-order valence-corrected chi connectivity index (χ2v) is 8.97. The molecule has 1 aliphatic heterocycles. The highest BCUT2D eigenvalue weighted by molar-refractivity contribution is 5.95. The third kappa shape index (κ3) is 7.19. The maximum absolute atomic E-state index is 12.3. The van der Waals surface area contributed by atoms with Gasteiger partial charge in [-0.25, -0.2) is 0 Å². The number of hydrogen-bond acceptors (Lipinski definition) is 4. The van der Waals surface area contributed by atoms with Crippen molar-refractivity contribution in [1.29, 1.82) is 0 Å². The number of anilines is 1. The average molecular weight is 424 g/mol. The molecule has 166 valence electrons. The lowest BCUT2D eigenvalue weighted by Gasteiger charge is -2.26. The van der Waals surface area contributed by atoms with Gasteiger partial charge in [-0.05, 0) is 40.8 Å². The summed E-state index contributed by atoms with van der Waals surface area (Å²) in [6.45, 7) is 11.1. The number of benzene rings is 2. The fraction of sp³-hybridized carbons (Fsp3) is 0.440. The number of hydrogen-bond donors (Lipinski definition) is 2. The Balaban J connectivity index is 1.40. The summed E-state index contributed by atoms with van der Waals surface area (Å²) in [5, 5.41) is 5.70. The number of nitrogens with one attached hydrogen (secondary N) is 2. The normalized spacial score (nSPS) is 14.8. The molecule has 1 heterocycles. The van der Waals surface area contributed by atoms with Crippen LogP contribution in [0.1, 0.15) is 48.7 Å². The molecule has 0 aliphatic carbocycles. The van der Waals surface area contributed by atoms with Gasteiger partial charge >= 0.3 is 0 Å². The molecule has 0 radical (unpaired) electrons. The van der Waals surface area contributed by atoms with Gasteiger partial charge < -0.3 is 15.4 Å². The molecule has 0 saturated carbocycles. The third-order valence-electron chi connectivity index (χ3n) is 5.40. The molecule has 1 saturated heterocycles. The fourth-order valence-corrected chi connectivity index (χ4v) is 3.45. The van der Waals surface area contributed by atoms with Crippen LogP contribution < -0.4 is 10.6 Å². The molecule has 2 aromatic carbocycles. The highest BCUT2D eigenvalue weighted by Gasteiger charge is 2.14. The summed E-state index contributed by atoms with van der Waals surface area (Å²) in [4.78, 5) is 26.9. The van der Waals surface area contributed by atoms with Gasteiger partial charge in [0, 0.05) is 43.9 Å². The number of carbonyl (C=O) groups excluding carboxylic acids is 2. The van der Waals surface area contributed by atoms with Crippen molar-refractivity contribution < 1.29 is 14.3 Å². The van der Waals surface area contributed by atoms with E-state index in [4.69, 9.17) is 4.74 Å². The van der Waals surface area contributed by atoms with Gasteiger partial charge in [0.05, 0.1) is 13.2 Å². The molecular weight excluding hydrogens is 390 g/mol. The lowest BCUT2D eigenvalue weighted by atomic mass is 9.87. The predicted molar refractivity (Wildman–Crippen MR) is 123 cm³/mol. The van der Waals surface area contributed by atoms with Crippen molar-refractivity contribution in [3.63, 3.8) is 0 Å². The summed E-state index contributed by atoms with van der Waals surface area (Å²) in [6, 6.07) is 15.5. The monoisotopic (exact) mass is 423 g/mol. The first-order valence-electron chi connectivity index (χ1n) is 10.9. The lowest BCUT2D eigenvalue weighted by Crippen LogP contribution is -2.35. The van der Waals surface area contributed by atoms with Gasteiger partial charge in [0.2, 0.25) is 5.91 Å². The molecule has 0 spiro atoms. The summed E-state index contributed by atoms with van der Waals surface area (Å²) in [6.07, 6.45) is 0.224. The van der Waals surface area contributed by atoms with Crippen LogP contribution in [0.2, 0.25) is 0 Å². The Bertz CT molecular complexity index is 864. The van der Waals surface area contributed by atoms with Crippen LogP contribution in [0.5, 0.6) is 0 Å². The number of nitrogens with zero attached hydrogens (tertiary/aromatic N) is 1. The maximum Gasteiger partial charge on any atom is 0.251 e. The molecule has 1 fully saturated rings. The summed E-state index contributed by atoms with van der Waals surface area (Å²) in [7, 11) is 0. The quantitative estimate of drug-likeness (QED) is 0.714. The van der Waals surface area contributed by atoms with E-state index in [1.165, 1.54) is 11.1 Å². The van der Waals surface area contributed by atoms with Gasteiger partial charge in [-0.2, -0.15) is 0 Å². The van der Waals surface area contributed by atoms with Crippen molar-refractivity contribution >= 4 is 17.5 Å². The molecule has 6 nitrogen and oxygen atoms in total. The van der Waals surface area contributed by atoms with E-state index >= 15 is 0 Å². The van der Waals surface area contributed by atoms with Gasteiger partial charge in [-0.15, -0.1) is 0 Å². The van der Waals surface area contributed by atoms with E-state index in [1.807, 2.05) is 48.5 Å². The van der Waals surface area contributed by atoms with E-state index in [2.05, 4.69) is 36.3 Å². The van der Waals surface area contributed by atoms with Crippen molar-refractivity contribution in [3.05, 3.63) is 65.2 Å². The summed E-state index contributed by atoms with van der Waals surface area (Å²) in [5.41, 5.74) is 3.81. The topological polar surface area (TPSA) is 70.7 Å². The number of carbonyl (C=O) groups is 2. The maximum atomic E-state index is 12.3. The minimum Gasteiger partial charge on any atom is -0.379 e. The summed E-state index contributed by atoms with van der Waals surface area (Å²) in [5.74, 6) is -0.287. The van der Waals surface area contributed by atoms with Crippen LogP contribution >= 0.6 is 0 Å². The van der Waals surface area contributed by atoms with Crippen molar-refractivity contribution in [2.75, 3.05) is 38.2 Å². The largest absolute Gasteiger partial charge is 0.379 e. The van der Waals surface area contributed by atoms with Crippen LogP contribution in [-0.4, -0.2) is 49.6 Å². The first-order chi connectivity index (χ1) is 14.8. The molecule has 1 aliphatic rings. The molecule has 31 heavy (non-hydrogen) atoms. The standard InChI is InChI=1S/C25H33N3O3/c1-25(2,3)21-8-6-20(7-9-21)24(30)26-13-12-23(29)27-22-10-4-19(5-11-22)18-28-14-16-31-17-15-28/h4-11H,12-18H2,1-3H3,(H,26,30)(H,27,29). The van der Waals surface area contributed by atoms with E-state index in [-0.39, 0.29) is 23.7 Å². The first-order valence-corrected chi connectivity index (χ1v) is 10.9. The van der Waals surface area contributed by atoms with Crippen LogP contribution in [-0.2, 0) is 21.5 Å². The third-order valence-corrected chi connectivity index (χ3v) is 5.40. The Labute approximate surface area is 185 Å². The highest BCUT2D eigenvalue weighted by Crippen LogP contribution is 2.22. The molecule has 2 amide bonds. The van der Waals surface area contributed by atoms with Gasteiger partial charge in [0.15, 0.2) is 0 Å². The zero-order valence-electron chi connectivity index (χ0n) is 18.7. The van der Waals surface area contributed by atoms with Crippen molar-refractivity contribution in [2.24, 2.45) is 0 Å². The molecule has 2 aromatic rings. The molecule has 0 aromatic heterocycles. The second kappa shape index (κ2) is 10.6. The van der Waals surface area contributed by atoms with E-state index in [1.54, 1.807) is 0 Å². The predicted octanol–water partition coefficient (Wildman–Crippen LogP) is 3.57. The Hall–Kier alpha value is -2.70. The van der Waals surface area contributed by atoms with Crippen molar-refractivity contribution in [1.82, 2.24) is 10.2 Å². The molecule has 0 bridgehead atoms. The second-order valence-electron chi connectivity index (χ2n) is 8.97. The van der Waals surface area contributed by atoms with E-state index in [0.717, 1.165) is 38.5 Å². The number of rotatable bonds is 7. The molecule has 2 N–H and O–H groups in total. The Morgan fingerprint density at radius 1 is 0.968 bits per heavy atom. The summed E-state index contributed by atoms with van der Waals surface area (Å²) < 4.78 is 5.37. The number of ether oxygens (including phenoxy) is 1. The van der Waals surface area contributed by atoms with E-state index < -0.39 is 0 Å². The fourth-order valence-electron chi connectivity index (χ4n) is 3.45. The van der Waals surface area contributed by atoms with Gasteiger partial charge in [0.1, 0.15) is 0 Å². The van der Waals surface area contributed by atoms with Crippen LogP contribution in [0.15, 0.2) is 48.5 Å². The van der Waals surface area contributed by atoms with Crippen molar-refractivity contribution in [2.45, 2.75) is 39.2 Å². The SMILES string of the molecule is CC(C)(C)c1ccc(C(=O)NCCC(=O)Nc2ccc(CN3CCOCC3)cc2)cc1. The Kier molecular flexibility index (Phi) is 7.82. The van der Waals surface area contributed by atoms with Crippen molar-refractivity contribution in [3.8, 4) is 0 Å². The van der Waals surface area contributed by atoms with Gasteiger partial charge in [0.25, 0.3) is 5.91 Å². The van der Waals surface area contributed by atoms with Crippen LogP contribution in [0.4, 0.5) is 5.69 Å². The van der Waals surface area contributed by atoms with E-state index in [0.29, 0.717) is 12.1 Å². The molecule has 6 heteroatoms. The first kappa shape index (κ1) is 23.0. The average Bonchev–Trinajstić information content (AvgIpc) is 2.75. The van der Waals surface area contributed by atoms with Gasteiger partial charge in [-0.3, -0.25) is 14.5 Å². The summed E-state index contributed by atoms with van der Waals surface area (Å²) >= 11 is 0. The van der Waals surface area contributed by atoms with Crippen LogP contribution in [0, 0.1) is 0 Å².